The zero-order valence-electron chi connectivity index (χ0n) is 14.1. The Hall–Kier alpha value is -3.23. The third-order valence-electron chi connectivity index (χ3n) is 3.22. The monoisotopic (exact) mass is 346 g/mol. The first-order chi connectivity index (χ1) is 11.8. The fourth-order valence-corrected chi connectivity index (χ4v) is 2.11. The van der Waals surface area contributed by atoms with Gasteiger partial charge in [0.1, 0.15) is 5.56 Å². The van der Waals surface area contributed by atoms with Crippen molar-refractivity contribution in [1.82, 2.24) is 9.78 Å². The van der Waals surface area contributed by atoms with Gasteiger partial charge in [0, 0.05) is 18.8 Å². The molecule has 25 heavy (non-hydrogen) atoms. The molecule has 2 rings (SSSR count). The molecule has 0 aliphatic carbocycles. The second-order valence-electron chi connectivity index (χ2n) is 5.43. The number of para-hydroxylation sites is 1. The molecular formula is C16H18N4O5. The van der Waals surface area contributed by atoms with Crippen LogP contribution in [0.5, 0.6) is 0 Å². The number of nitro benzene ring substituents is 1. The lowest BCUT2D eigenvalue weighted by Gasteiger charge is -2.08. The number of benzene rings is 1. The molecule has 0 aliphatic heterocycles. The van der Waals surface area contributed by atoms with Gasteiger partial charge in [0.05, 0.1) is 16.7 Å². The van der Waals surface area contributed by atoms with Crippen molar-refractivity contribution in [3.05, 3.63) is 51.8 Å². The normalized spacial score (nSPS) is 10.6. The highest BCUT2D eigenvalue weighted by Crippen LogP contribution is 2.21. The Labute approximate surface area is 143 Å². The van der Waals surface area contributed by atoms with Crippen LogP contribution in [0.2, 0.25) is 0 Å². The SMILES string of the molecule is CCn1cc(NC(=O)c2ccccc2[N+](=O)[O-])c(C(=O)OC(C)C)n1. The molecule has 0 atom stereocenters. The quantitative estimate of drug-likeness (QED) is 0.488. The van der Waals surface area contributed by atoms with Crippen LogP contribution in [-0.4, -0.2) is 32.7 Å². The molecular weight excluding hydrogens is 328 g/mol. The van der Waals surface area contributed by atoms with E-state index in [9.17, 15) is 19.7 Å². The number of hydrogen-bond donors (Lipinski definition) is 1. The van der Waals surface area contributed by atoms with E-state index in [1.165, 1.54) is 35.1 Å². The summed E-state index contributed by atoms with van der Waals surface area (Å²) in [6.45, 7) is 5.68. The Morgan fingerprint density at radius 2 is 2.04 bits per heavy atom. The largest absolute Gasteiger partial charge is 0.458 e. The zero-order valence-corrected chi connectivity index (χ0v) is 14.1. The molecule has 0 saturated carbocycles. The number of nitro groups is 1. The van der Waals surface area contributed by atoms with Crippen molar-refractivity contribution in [1.29, 1.82) is 0 Å². The smallest absolute Gasteiger partial charge is 0.361 e. The molecule has 1 N–H and O–H groups in total. The molecule has 0 bridgehead atoms. The number of carbonyl (C=O) groups excluding carboxylic acids is 2. The third kappa shape index (κ3) is 4.19. The summed E-state index contributed by atoms with van der Waals surface area (Å²) in [6.07, 6.45) is 1.13. The van der Waals surface area contributed by atoms with E-state index in [0.29, 0.717) is 6.54 Å². The van der Waals surface area contributed by atoms with Crippen LogP contribution in [-0.2, 0) is 11.3 Å². The lowest BCUT2D eigenvalue weighted by atomic mass is 10.1. The second-order valence-corrected chi connectivity index (χ2v) is 5.43. The van der Waals surface area contributed by atoms with Crippen LogP contribution in [0.15, 0.2) is 30.5 Å². The van der Waals surface area contributed by atoms with Crippen molar-refractivity contribution in [2.24, 2.45) is 0 Å². The average Bonchev–Trinajstić information content (AvgIpc) is 2.97. The van der Waals surface area contributed by atoms with Crippen LogP contribution in [0.4, 0.5) is 11.4 Å². The van der Waals surface area contributed by atoms with E-state index in [-0.39, 0.29) is 28.7 Å². The van der Waals surface area contributed by atoms with Crippen LogP contribution in [0.3, 0.4) is 0 Å². The number of amides is 1. The first-order valence-corrected chi connectivity index (χ1v) is 7.66. The Morgan fingerprint density at radius 1 is 1.36 bits per heavy atom. The molecule has 9 nitrogen and oxygen atoms in total. The standard InChI is InChI=1S/C16H18N4O5/c1-4-19-9-12(14(18-19)16(22)25-10(2)3)17-15(21)11-7-5-6-8-13(11)20(23)24/h5-10H,4H2,1-3H3,(H,17,21). The van der Waals surface area contributed by atoms with Gasteiger partial charge in [-0.1, -0.05) is 12.1 Å². The number of hydrogen-bond acceptors (Lipinski definition) is 6. The van der Waals surface area contributed by atoms with Crippen molar-refractivity contribution in [3.8, 4) is 0 Å². The van der Waals surface area contributed by atoms with Gasteiger partial charge in [0.15, 0.2) is 5.69 Å². The lowest BCUT2D eigenvalue weighted by molar-refractivity contribution is -0.385. The molecule has 2 aromatic rings. The topological polar surface area (TPSA) is 116 Å². The Kier molecular flexibility index (Phi) is 5.48. The van der Waals surface area contributed by atoms with Gasteiger partial charge in [-0.25, -0.2) is 4.79 Å². The summed E-state index contributed by atoms with van der Waals surface area (Å²) < 4.78 is 6.57. The van der Waals surface area contributed by atoms with Gasteiger partial charge >= 0.3 is 5.97 Å². The van der Waals surface area contributed by atoms with Crippen LogP contribution >= 0.6 is 0 Å². The summed E-state index contributed by atoms with van der Waals surface area (Å²) in [5, 5.41) is 17.6. The van der Waals surface area contributed by atoms with Crippen molar-refractivity contribution in [2.45, 2.75) is 33.4 Å². The highest BCUT2D eigenvalue weighted by molar-refractivity contribution is 6.09. The summed E-state index contributed by atoms with van der Waals surface area (Å²) >= 11 is 0. The van der Waals surface area contributed by atoms with E-state index in [0.717, 1.165) is 0 Å². The maximum absolute atomic E-state index is 12.4. The molecule has 1 amide bonds. The average molecular weight is 346 g/mol. The second kappa shape index (κ2) is 7.56. The van der Waals surface area contributed by atoms with E-state index in [1.54, 1.807) is 13.8 Å². The number of aromatic nitrogens is 2. The molecule has 0 spiro atoms. The summed E-state index contributed by atoms with van der Waals surface area (Å²) in [7, 11) is 0. The fraction of sp³-hybridized carbons (Fsp3) is 0.312. The van der Waals surface area contributed by atoms with E-state index >= 15 is 0 Å². The van der Waals surface area contributed by atoms with Gasteiger partial charge < -0.3 is 10.1 Å². The van der Waals surface area contributed by atoms with Crippen molar-refractivity contribution < 1.29 is 19.2 Å². The van der Waals surface area contributed by atoms with Crippen LogP contribution < -0.4 is 5.32 Å². The number of aryl methyl sites for hydroxylation is 1. The number of esters is 1. The molecule has 0 radical (unpaired) electrons. The van der Waals surface area contributed by atoms with E-state index in [1.807, 2.05) is 6.92 Å². The maximum Gasteiger partial charge on any atom is 0.361 e. The predicted octanol–water partition coefficient (Wildman–Crippen LogP) is 2.63. The molecule has 1 aromatic carbocycles. The van der Waals surface area contributed by atoms with Gasteiger partial charge in [-0.3, -0.25) is 19.6 Å². The maximum atomic E-state index is 12.4. The number of anilines is 1. The first kappa shape index (κ1) is 18.1. The van der Waals surface area contributed by atoms with Crippen molar-refractivity contribution in [2.75, 3.05) is 5.32 Å². The minimum absolute atomic E-state index is 0.0533. The Morgan fingerprint density at radius 3 is 2.64 bits per heavy atom. The predicted molar refractivity (Wildman–Crippen MR) is 89.5 cm³/mol. The number of rotatable bonds is 6. The first-order valence-electron chi connectivity index (χ1n) is 7.66. The van der Waals surface area contributed by atoms with Gasteiger partial charge in [-0.15, -0.1) is 0 Å². The summed E-state index contributed by atoms with van der Waals surface area (Å²) in [5.41, 5.74) is -0.354. The highest BCUT2D eigenvalue weighted by Gasteiger charge is 2.24. The third-order valence-corrected chi connectivity index (χ3v) is 3.22. The van der Waals surface area contributed by atoms with Gasteiger partial charge in [0.25, 0.3) is 11.6 Å². The van der Waals surface area contributed by atoms with Crippen molar-refractivity contribution in [3.63, 3.8) is 0 Å². The van der Waals surface area contributed by atoms with Crippen molar-refractivity contribution >= 4 is 23.3 Å². The number of nitrogens with zero attached hydrogens (tertiary/aromatic N) is 3. The van der Waals surface area contributed by atoms with E-state index in [4.69, 9.17) is 4.74 Å². The van der Waals surface area contributed by atoms with E-state index in [2.05, 4.69) is 10.4 Å². The fourth-order valence-electron chi connectivity index (χ4n) is 2.11. The summed E-state index contributed by atoms with van der Waals surface area (Å²) in [6, 6.07) is 5.56. The van der Waals surface area contributed by atoms with Crippen LogP contribution in [0.1, 0.15) is 41.6 Å². The van der Waals surface area contributed by atoms with E-state index < -0.39 is 16.8 Å². The van der Waals surface area contributed by atoms with Crippen LogP contribution in [0, 0.1) is 10.1 Å². The molecule has 9 heteroatoms. The molecule has 0 saturated heterocycles. The zero-order chi connectivity index (χ0) is 18.6. The van der Waals surface area contributed by atoms with Crippen LogP contribution in [0.25, 0.3) is 0 Å². The number of ether oxygens (including phenoxy) is 1. The molecule has 1 aromatic heterocycles. The molecule has 0 fully saturated rings. The molecule has 0 unspecified atom stereocenters. The van der Waals surface area contributed by atoms with Gasteiger partial charge in [-0.05, 0) is 26.8 Å². The van der Waals surface area contributed by atoms with Gasteiger partial charge in [-0.2, -0.15) is 5.10 Å². The molecule has 1 heterocycles. The minimum Gasteiger partial charge on any atom is -0.458 e. The molecule has 0 aliphatic rings. The number of carbonyl (C=O) groups is 2. The highest BCUT2D eigenvalue weighted by atomic mass is 16.6. The summed E-state index contributed by atoms with van der Waals surface area (Å²) in [5.74, 6) is -1.39. The van der Waals surface area contributed by atoms with Gasteiger partial charge in [0.2, 0.25) is 0 Å². The number of nitrogens with one attached hydrogen (secondary N) is 1. The molecule has 132 valence electrons. The Bertz CT molecular complexity index is 813. The lowest BCUT2D eigenvalue weighted by Crippen LogP contribution is -2.18. The Balaban J connectivity index is 2.34. The summed E-state index contributed by atoms with van der Waals surface area (Å²) in [4.78, 5) is 35.0. The minimum atomic E-state index is -0.707.